The molecule has 2 fully saturated rings. The van der Waals surface area contributed by atoms with Gasteiger partial charge in [0.25, 0.3) is 0 Å². The molecule has 0 saturated heterocycles. The van der Waals surface area contributed by atoms with E-state index in [0.717, 1.165) is 36.5 Å². The largest absolute Gasteiger partial charge is 0.303 e. The van der Waals surface area contributed by atoms with Gasteiger partial charge in [0.15, 0.2) is 0 Å². The summed E-state index contributed by atoms with van der Waals surface area (Å²) in [6, 6.07) is 0. The fourth-order valence-corrected chi connectivity index (χ4v) is 4.61. The molecule has 0 radical (unpaired) electrons. The highest BCUT2D eigenvalue weighted by Gasteiger charge is 2.25. The van der Waals surface area contributed by atoms with Crippen molar-refractivity contribution in [2.75, 3.05) is 0 Å². The first-order chi connectivity index (χ1) is 9.69. The lowest BCUT2D eigenvalue weighted by Gasteiger charge is -2.33. The van der Waals surface area contributed by atoms with Crippen LogP contribution in [0.15, 0.2) is 0 Å². The van der Waals surface area contributed by atoms with Crippen LogP contribution in [0.2, 0.25) is 0 Å². The fourth-order valence-electron chi connectivity index (χ4n) is 4.61. The molecular weight excluding hydrogens is 244 g/mol. The van der Waals surface area contributed by atoms with Crippen molar-refractivity contribution in [1.29, 1.82) is 0 Å². The number of hydrogen-bond donors (Lipinski definition) is 0. The molecule has 116 valence electrons. The first-order valence-electron chi connectivity index (χ1n) is 9.14. The SMILES string of the molecule is CC1CCC(CCCCC2CCC(C=O)CC2)C(C)C1. The van der Waals surface area contributed by atoms with E-state index in [9.17, 15) is 4.79 Å². The fraction of sp³-hybridized carbons (Fsp3) is 0.947. The van der Waals surface area contributed by atoms with Crippen LogP contribution in [-0.2, 0) is 4.79 Å². The number of aldehydes is 1. The summed E-state index contributed by atoms with van der Waals surface area (Å²) in [4.78, 5) is 10.8. The van der Waals surface area contributed by atoms with Gasteiger partial charge in [0.1, 0.15) is 6.29 Å². The molecule has 0 amide bonds. The van der Waals surface area contributed by atoms with Crippen molar-refractivity contribution < 1.29 is 4.79 Å². The average molecular weight is 278 g/mol. The van der Waals surface area contributed by atoms with Gasteiger partial charge in [-0.1, -0.05) is 46.0 Å². The van der Waals surface area contributed by atoms with Crippen molar-refractivity contribution >= 4 is 6.29 Å². The number of carbonyl (C=O) groups excluding carboxylic acids is 1. The highest BCUT2D eigenvalue weighted by molar-refractivity contribution is 5.53. The molecule has 0 aliphatic heterocycles. The standard InChI is InChI=1S/C19H34O/c1-15-7-12-19(16(2)13-15)6-4-3-5-17-8-10-18(14-20)11-9-17/h14-19H,3-13H2,1-2H3. The second kappa shape index (κ2) is 8.20. The molecular formula is C19H34O. The molecule has 2 saturated carbocycles. The van der Waals surface area contributed by atoms with Gasteiger partial charge in [0.2, 0.25) is 0 Å². The van der Waals surface area contributed by atoms with Crippen molar-refractivity contribution in [3.05, 3.63) is 0 Å². The topological polar surface area (TPSA) is 17.1 Å². The molecule has 0 heterocycles. The van der Waals surface area contributed by atoms with Crippen molar-refractivity contribution in [3.63, 3.8) is 0 Å². The zero-order valence-corrected chi connectivity index (χ0v) is 13.7. The lowest BCUT2D eigenvalue weighted by molar-refractivity contribution is -0.112. The minimum atomic E-state index is 0.385. The summed E-state index contributed by atoms with van der Waals surface area (Å²) in [7, 11) is 0. The Hall–Kier alpha value is -0.330. The Bertz CT molecular complexity index is 277. The number of unbranched alkanes of at least 4 members (excludes halogenated alkanes) is 1. The van der Waals surface area contributed by atoms with Gasteiger partial charge in [-0.05, 0) is 62.2 Å². The second-order valence-electron chi connectivity index (χ2n) is 7.86. The molecule has 1 heteroatoms. The third-order valence-corrected chi connectivity index (χ3v) is 6.13. The lowest BCUT2D eigenvalue weighted by Crippen LogP contribution is -2.21. The van der Waals surface area contributed by atoms with E-state index in [0.29, 0.717) is 5.92 Å². The summed E-state index contributed by atoms with van der Waals surface area (Å²) in [6.07, 6.45) is 16.3. The molecule has 0 aromatic rings. The third kappa shape index (κ3) is 4.90. The van der Waals surface area contributed by atoms with E-state index in [4.69, 9.17) is 0 Å². The van der Waals surface area contributed by atoms with Crippen LogP contribution in [0.25, 0.3) is 0 Å². The average Bonchev–Trinajstić information content (AvgIpc) is 2.46. The maximum Gasteiger partial charge on any atom is 0.123 e. The van der Waals surface area contributed by atoms with Crippen LogP contribution in [0, 0.1) is 29.6 Å². The lowest BCUT2D eigenvalue weighted by atomic mass is 9.73. The molecule has 0 bridgehead atoms. The van der Waals surface area contributed by atoms with Crippen molar-refractivity contribution in [3.8, 4) is 0 Å². The number of carbonyl (C=O) groups is 1. The summed E-state index contributed by atoms with van der Waals surface area (Å²) in [5, 5.41) is 0. The Kier molecular flexibility index (Phi) is 6.58. The number of hydrogen-bond acceptors (Lipinski definition) is 1. The van der Waals surface area contributed by atoms with Crippen LogP contribution >= 0.6 is 0 Å². The van der Waals surface area contributed by atoms with E-state index in [1.807, 2.05) is 0 Å². The Balaban J connectivity index is 1.54. The van der Waals surface area contributed by atoms with E-state index in [-0.39, 0.29) is 0 Å². The molecule has 3 atom stereocenters. The molecule has 3 unspecified atom stereocenters. The molecule has 2 aliphatic carbocycles. The third-order valence-electron chi connectivity index (χ3n) is 6.13. The Morgan fingerprint density at radius 2 is 1.60 bits per heavy atom. The predicted molar refractivity (Wildman–Crippen MR) is 85.6 cm³/mol. The first kappa shape index (κ1) is 16.0. The van der Waals surface area contributed by atoms with Crippen LogP contribution in [0.4, 0.5) is 0 Å². The monoisotopic (exact) mass is 278 g/mol. The summed E-state index contributed by atoms with van der Waals surface area (Å²) >= 11 is 0. The molecule has 0 aromatic heterocycles. The van der Waals surface area contributed by atoms with Crippen molar-refractivity contribution in [2.24, 2.45) is 29.6 Å². The normalized spacial score (nSPS) is 38.6. The second-order valence-corrected chi connectivity index (χ2v) is 7.86. The minimum Gasteiger partial charge on any atom is -0.303 e. The maximum absolute atomic E-state index is 10.8. The maximum atomic E-state index is 10.8. The molecule has 0 aromatic carbocycles. The van der Waals surface area contributed by atoms with Crippen LogP contribution in [-0.4, -0.2) is 6.29 Å². The quantitative estimate of drug-likeness (QED) is 0.455. The van der Waals surface area contributed by atoms with Crippen LogP contribution in [0.5, 0.6) is 0 Å². The van der Waals surface area contributed by atoms with Gasteiger partial charge >= 0.3 is 0 Å². The van der Waals surface area contributed by atoms with Crippen LogP contribution in [0.3, 0.4) is 0 Å². The van der Waals surface area contributed by atoms with E-state index in [1.54, 1.807) is 0 Å². The Morgan fingerprint density at radius 1 is 0.900 bits per heavy atom. The first-order valence-corrected chi connectivity index (χ1v) is 9.14. The molecule has 0 N–H and O–H groups in total. The highest BCUT2D eigenvalue weighted by Crippen LogP contribution is 2.37. The van der Waals surface area contributed by atoms with Gasteiger partial charge in [-0.25, -0.2) is 0 Å². The van der Waals surface area contributed by atoms with E-state index >= 15 is 0 Å². The zero-order chi connectivity index (χ0) is 14.4. The van der Waals surface area contributed by atoms with Gasteiger partial charge in [0, 0.05) is 5.92 Å². The van der Waals surface area contributed by atoms with Gasteiger partial charge < -0.3 is 4.79 Å². The van der Waals surface area contributed by atoms with E-state index in [1.165, 1.54) is 64.1 Å². The van der Waals surface area contributed by atoms with Gasteiger partial charge in [0.05, 0.1) is 0 Å². The molecule has 1 nitrogen and oxygen atoms in total. The van der Waals surface area contributed by atoms with Gasteiger partial charge in [-0.2, -0.15) is 0 Å². The smallest absolute Gasteiger partial charge is 0.123 e. The van der Waals surface area contributed by atoms with Crippen molar-refractivity contribution in [2.45, 2.75) is 84.5 Å². The zero-order valence-electron chi connectivity index (χ0n) is 13.7. The summed E-state index contributed by atoms with van der Waals surface area (Å²) < 4.78 is 0. The number of rotatable bonds is 6. The van der Waals surface area contributed by atoms with E-state index in [2.05, 4.69) is 13.8 Å². The van der Waals surface area contributed by atoms with E-state index < -0.39 is 0 Å². The molecule has 20 heavy (non-hydrogen) atoms. The summed E-state index contributed by atoms with van der Waals surface area (Å²) in [6.45, 7) is 4.89. The molecule has 2 aliphatic rings. The minimum absolute atomic E-state index is 0.385. The molecule has 0 spiro atoms. The summed E-state index contributed by atoms with van der Waals surface area (Å²) in [5.41, 5.74) is 0. The van der Waals surface area contributed by atoms with Crippen LogP contribution < -0.4 is 0 Å². The predicted octanol–water partition coefficient (Wildman–Crippen LogP) is 5.62. The van der Waals surface area contributed by atoms with Gasteiger partial charge in [-0.3, -0.25) is 0 Å². The summed E-state index contributed by atoms with van der Waals surface area (Å²) in [5.74, 6) is 4.25. The van der Waals surface area contributed by atoms with Crippen molar-refractivity contribution in [1.82, 2.24) is 0 Å². The molecule has 2 rings (SSSR count). The highest BCUT2D eigenvalue weighted by atomic mass is 16.1. The Labute approximate surface area is 125 Å². The Morgan fingerprint density at radius 3 is 2.25 bits per heavy atom. The van der Waals surface area contributed by atoms with Gasteiger partial charge in [-0.15, -0.1) is 0 Å². The van der Waals surface area contributed by atoms with Crippen LogP contribution in [0.1, 0.15) is 84.5 Å².